The fourth-order valence-corrected chi connectivity index (χ4v) is 4.63. The standard InChI is InChI=1S/C23H25N5O3S/c1-31-22(30)19-7-9-20(10-8-19)28-23(24-25-26-28)32-16-21(29)27-13-11-18(12-14-27)15-17-5-3-2-4-6-17/h2-10,18H,11-16H2,1H3. The van der Waals surface area contributed by atoms with E-state index in [1.807, 2.05) is 11.0 Å². The number of esters is 1. The average molecular weight is 452 g/mol. The molecule has 2 heterocycles. The zero-order valence-electron chi connectivity index (χ0n) is 17.9. The van der Waals surface area contributed by atoms with Crippen molar-refractivity contribution in [3.8, 4) is 5.69 Å². The van der Waals surface area contributed by atoms with Crippen LogP contribution in [0.4, 0.5) is 0 Å². The first-order valence-electron chi connectivity index (χ1n) is 10.6. The Kier molecular flexibility index (Phi) is 7.16. The van der Waals surface area contributed by atoms with Gasteiger partial charge in [-0.15, -0.1) is 5.10 Å². The fourth-order valence-electron chi connectivity index (χ4n) is 3.84. The van der Waals surface area contributed by atoms with Crippen molar-refractivity contribution in [1.82, 2.24) is 25.1 Å². The highest BCUT2D eigenvalue weighted by Gasteiger charge is 2.23. The molecule has 0 spiro atoms. The number of hydrogen-bond acceptors (Lipinski definition) is 7. The molecule has 1 saturated heterocycles. The number of benzene rings is 2. The molecule has 1 aliphatic heterocycles. The molecule has 0 saturated carbocycles. The van der Waals surface area contributed by atoms with E-state index in [1.54, 1.807) is 28.9 Å². The van der Waals surface area contributed by atoms with E-state index in [1.165, 1.54) is 24.4 Å². The molecule has 0 atom stereocenters. The number of aromatic nitrogens is 4. The van der Waals surface area contributed by atoms with Crippen molar-refractivity contribution in [2.75, 3.05) is 26.0 Å². The highest BCUT2D eigenvalue weighted by Crippen LogP contribution is 2.24. The SMILES string of the molecule is COC(=O)c1ccc(-n2nnnc2SCC(=O)N2CCC(Cc3ccccc3)CC2)cc1. The van der Waals surface area contributed by atoms with Crippen LogP contribution in [0, 0.1) is 5.92 Å². The summed E-state index contributed by atoms with van der Waals surface area (Å²) in [5, 5.41) is 12.3. The highest BCUT2D eigenvalue weighted by atomic mass is 32.2. The Hall–Kier alpha value is -3.20. The van der Waals surface area contributed by atoms with Crippen LogP contribution in [0.1, 0.15) is 28.8 Å². The first-order chi connectivity index (χ1) is 15.6. The molecule has 1 fully saturated rings. The van der Waals surface area contributed by atoms with Crippen LogP contribution in [0.15, 0.2) is 59.8 Å². The number of piperidine rings is 1. The number of thioether (sulfide) groups is 1. The largest absolute Gasteiger partial charge is 0.465 e. The van der Waals surface area contributed by atoms with Gasteiger partial charge in [0.1, 0.15) is 0 Å². The van der Waals surface area contributed by atoms with Gasteiger partial charge in [0.15, 0.2) is 0 Å². The second-order valence-electron chi connectivity index (χ2n) is 7.71. The van der Waals surface area contributed by atoms with Crippen LogP contribution >= 0.6 is 11.8 Å². The van der Waals surface area contributed by atoms with Crippen LogP contribution in [0.5, 0.6) is 0 Å². The number of ether oxygens (including phenoxy) is 1. The summed E-state index contributed by atoms with van der Waals surface area (Å²) in [6.07, 6.45) is 3.12. The van der Waals surface area contributed by atoms with Crippen LogP contribution in [0.25, 0.3) is 5.69 Å². The molecule has 0 bridgehead atoms. The van der Waals surface area contributed by atoms with Crippen molar-refractivity contribution in [2.24, 2.45) is 5.92 Å². The zero-order valence-corrected chi connectivity index (χ0v) is 18.7. The maximum absolute atomic E-state index is 12.7. The van der Waals surface area contributed by atoms with Gasteiger partial charge in [0.05, 0.1) is 24.1 Å². The van der Waals surface area contributed by atoms with Gasteiger partial charge in [-0.1, -0.05) is 42.1 Å². The average Bonchev–Trinajstić information content (AvgIpc) is 3.32. The Balaban J connectivity index is 1.29. The smallest absolute Gasteiger partial charge is 0.337 e. The second kappa shape index (κ2) is 10.4. The zero-order chi connectivity index (χ0) is 22.3. The predicted octanol–water partition coefficient (Wildman–Crippen LogP) is 3.02. The van der Waals surface area contributed by atoms with Crippen molar-refractivity contribution in [3.05, 3.63) is 65.7 Å². The summed E-state index contributed by atoms with van der Waals surface area (Å²) in [4.78, 5) is 26.3. The van der Waals surface area contributed by atoms with Gasteiger partial charge in [0.25, 0.3) is 0 Å². The van der Waals surface area contributed by atoms with Crippen LogP contribution in [0.2, 0.25) is 0 Å². The van der Waals surface area contributed by atoms with Gasteiger partial charge < -0.3 is 9.64 Å². The Morgan fingerprint density at radius 2 is 1.78 bits per heavy atom. The molecule has 9 heteroatoms. The molecule has 0 radical (unpaired) electrons. The van der Waals surface area contributed by atoms with E-state index in [-0.39, 0.29) is 11.7 Å². The quantitative estimate of drug-likeness (QED) is 0.403. The molecule has 0 unspecified atom stereocenters. The lowest BCUT2D eigenvalue weighted by Gasteiger charge is -2.32. The minimum absolute atomic E-state index is 0.101. The van der Waals surface area contributed by atoms with Crippen molar-refractivity contribution in [3.63, 3.8) is 0 Å². The van der Waals surface area contributed by atoms with E-state index in [0.29, 0.717) is 22.3 Å². The molecular weight excluding hydrogens is 426 g/mol. The molecule has 1 amide bonds. The summed E-state index contributed by atoms with van der Waals surface area (Å²) in [5.74, 6) is 0.600. The van der Waals surface area contributed by atoms with E-state index in [9.17, 15) is 9.59 Å². The monoisotopic (exact) mass is 451 g/mol. The molecule has 4 rings (SSSR count). The molecular formula is C23H25N5O3S. The van der Waals surface area contributed by atoms with Crippen LogP contribution in [0.3, 0.4) is 0 Å². The summed E-state index contributed by atoms with van der Waals surface area (Å²) in [6.45, 7) is 1.58. The number of carbonyl (C=O) groups is 2. The summed E-state index contributed by atoms with van der Waals surface area (Å²) < 4.78 is 6.28. The number of rotatable bonds is 7. The summed E-state index contributed by atoms with van der Waals surface area (Å²) in [5.41, 5.74) is 2.52. The Bertz CT molecular complexity index is 1050. The molecule has 0 aliphatic carbocycles. The molecule has 2 aromatic carbocycles. The minimum atomic E-state index is -0.402. The van der Waals surface area contributed by atoms with Crippen molar-refractivity contribution in [2.45, 2.75) is 24.4 Å². The fraction of sp³-hybridized carbons (Fsp3) is 0.348. The summed E-state index contributed by atoms with van der Waals surface area (Å²) in [6, 6.07) is 17.3. The number of methoxy groups -OCH3 is 1. The maximum Gasteiger partial charge on any atom is 0.337 e. The summed E-state index contributed by atoms with van der Waals surface area (Å²) in [7, 11) is 1.34. The van der Waals surface area contributed by atoms with E-state index in [2.05, 4.69) is 39.8 Å². The van der Waals surface area contributed by atoms with Crippen LogP contribution in [-0.4, -0.2) is 62.9 Å². The number of amides is 1. The lowest BCUT2D eigenvalue weighted by atomic mass is 9.90. The van der Waals surface area contributed by atoms with Gasteiger partial charge >= 0.3 is 5.97 Å². The Morgan fingerprint density at radius 1 is 1.06 bits per heavy atom. The topological polar surface area (TPSA) is 90.2 Å². The first-order valence-corrected chi connectivity index (χ1v) is 11.5. The molecule has 166 valence electrons. The number of hydrogen-bond donors (Lipinski definition) is 0. The Morgan fingerprint density at radius 3 is 2.47 bits per heavy atom. The number of likely N-dealkylation sites (tertiary alicyclic amines) is 1. The van der Waals surface area contributed by atoms with Crippen LogP contribution < -0.4 is 0 Å². The van der Waals surface area contributed by atoms with Crippen LogP contribution in [-0.2, 0) is 16.0 Å². The third kappa shape index (κ3) is 5.34. The van der Waals surface area contributed by atoms with Gasteiger partial charge in [0.2, 0.25) is 11.1 Å². The van der Waals surface area contributed by atoms with Gasteiger partial charge in [-0.2, -0.15) is 4.68 Å². The predicted molar refractivity (Wildman–Crippen MR) is 121 cm³/mol. The van der Waals surface area contributed by atoms with Gasteiger partial charge in [-0.05, 0) is 65.4 Å². The highest BCUT2D eigenvalue weighted by molar-refractivity contribution is 7.99. The lowest BCUT2D eigenvalue weighted by molar-refractivity contribution is -0.129. The third-order valence-corrected chi connectivity index (χ3v) is 6.54. The molecule has 8 nitrogen and oxygen atoms in total. The van der Waals surface area contributed by atoms with E-state index >= 15 is 0 Å². The van der Waals surface area contributed by atoms with E-state index < -0.39 is 5.97 Å². The molecule has 1 aromatic heterocycles. The number of nitrogens with zero attached hydrogens (tertiary/aromatic N) is 5. The van der Waals surface area contributed by atoms with Crippen molar-refractivity contribution in [1.29, 1.82) is 0 Å². The minimum Gasteiger partial charge on any atom is -0.465 e. The number of carbonyl (C=O) groups excluding carboxylic acids is 2. The normalized spacial score (nSPS) is 14.3. The van der Waals surface area contributed by atoms with Gasteiger partial charge in [-0.25, -0.2) is 4.79 Å². The maximum atomic E-state index is 12.7. The van der Waals surface area contributed by atoms with E-state index in [0.717, 1.165) is 32.4 Å². The van der Waals surface area contributed by atoms with Crippen molar-refractivity contribution < 1.29 is 14.3 Å². The lowest BCUT2D eigenvalue weighted by Crippen LogP contribution is -2.39. The van der Waals surface area contributed by atoms with Crippen molar-refractivity contribution >= 4 is 23.6 Å². The summed E-state index contributed by atoms with van der Waals surface area (Å²) >= 11 is 1.31. The molecule has 1 aliphatic rings. The molecule has 3 aromatic rings. The first kappa shape index (κ1) is 22.0. The van der Waals surface area contributed by atoms with Gasteiger partial charge in [0, 0.05) is 13.1 Å². The Labute approximate surface area is 190 Å². The van der Waals surface area contributed by atoms with E-state index in [4.69, 9.17) is 4.74 Å². The molecule has 0 N–H and O–H groups in total. The van der Waals surface area contributed by atoms with Gasteiger partial charge in [-0.3, -0.25) is 4.79 Å². The number of tetrazole rings is 1. The third-order valence-electron chi connectivity index (χ3n) is 5.63. The second-order valence-corrected chi connectivity index (χ2v) is 8.66. The molecule has 32 heavy (non-hydrogen) atoms.